The van der Waals surface area contributed by atoms with Crippen LogP contribution in [0.2, 0.25) is 0 Å². The highest BCUT2D eigenvalue weighted by Gasteiger charge is 2.21. The number of rotatable bonds is 11. The van der Waals surface area contributed by atoms with Gasteiger partial charge in [-0.15, -0.1) is 24.0 Å². The molecule has 3 N–H and O–H groups in total. The van der Waals surface area contributed by atoms with Crippen molar-refractivity contribution in [2.24, 2.45) is 10.9 Å². The molecule has 1 unspecified atom stereocenters. The monoisotopic (exact) mass is 526 g/mol. The largest absolute Gasteiger partial charge is 0.376 e. The van der Waals surface area contributed by atoms with Crippen LogP contribution in [0.1, 0.15) is 33.3 Å². The molecule has 0 radical (unpaired) electrons. The van der Waals surface area contributed by atoms with E-state index in [-0.39, 0.29) is 24.0 Å². The average Bonchev–Trinajstić information content (AvgIpc) is 2.56. The lowest BCUT2D eigenvalue weighted by atomic mass is 10.1. The number of nitrogens with one attached hydrogen (secondary N) is 3. The van der Waals surface area contributed by atoms with Crippen LogP contribution >= 0.6 is 24.0 Å². The standard InChI is InChI=1S/C19H34N4O3S.HI/c1-6-20-18(22-15-19(3,4)23-27(5,24)25)21-12-16(2)13-26-14-17-10-8-7-9-11-17;/h7-11,16,23H,6,12-15H2,1-5H3,(H2,20,21,22);1H. The molecule has 0 saturated carbocycles. The van der Waals surface area contributed by atoms with Gasteiger partial charge in [-0.2, -0.15) is 0 Å². The molecule has 9 heteroatoms. The third-order valence-corrected chi connectivity index (χ3v) is 4.49. The molecule has 7 nitrogen and oxygen atoms in total. The first-order chi connectivity index (χ1) is 12.6. The third kappa shape index (κ3) is 13.3. The minimum Gasteiger partial charge on any atom is -0.376 e. The number of halogens is 1. The van der Waals surface area contributed by atoms with Crippen LogP contribution in [-0.2, 0) is 21.4 Å². The number of guanidine groups is 1. The summed E-state index contributed by atoms with van der Waals surface area (Å²) in [6.45, 7) is 10.7. The lowest BCUT2D eigenvalue weighted by Gasteiger charge is -2.24. The predicted octanol–water partition coefficient (Wildman–Crippen LogP) is 2.34. The van der Waals surface area contributed by atoms with Gasteiger partial charge in [0.15, 0.2) is 5.96 Å². The molecule has 1 aromatic rings. The van der Waals surface area contributed by atoms with Crippen molar-refractivity contribution < 1.29 is 13.2 Å². The maximum absolute atomic E-state index is 11.4. The summed E-state index contributed by atoms with van der Waals surface area (Å²) < 4.78 is 31.2. The van der Waals surface area contributed by atoms with Crippen molar-refractivity contribution in [2.75, 3.05) is 32.5 Å². The van der Waals surface area contributed by atoms with Crippen molar-refractivity contribution >= 4 is 40.0 Å². The zero-order valence-electron chi connectivity index (χ0n) is 17.5. The molecule has 1 aromatic carbocycles. The summed E-state index contributed by atoms with van der Waals surface area (Å²) in [5, 5.41) is 6.46. The molecule has 28 heavy (non-hydrogen) atoms. The minimum atomic E-state index is -3.28. The molecule has 0 saturated heterocycles. The van der Waals surface area contributed by atoms with Gasteiger partial charge in [0, 0.05) is 18.6 Å². The molecule has 0 amide bonds. The van der Waals surface area contributed by atoms with E-state index in [2.05, 4.69) is 27.3 Å². The number of aliphatic imine (C=N–C) groups is 1. The molecule has 0 fully saturated rings. The van der Waals surface area contributed by atoms with E-state index in [0.717, 1.165) is 18.4 Å². The van der Waals surface area contributed by atoms with Crippen LogP contribution in [-0.4, -0.2) is 52.4 Å². The maximum atomic E-state index is 11.4. The minimum absolute atomic E-state index is 0. The summed E-state index contributed by atoms with van der Waals surface area (Å²) >= 11 is 0. The van der Waals surface area contributed by atoms with Crippen LogP contribution in [0.3, 0.4) is 0 Å². The van der Waals surface area contributed by atoms with Gasteiger partial charge in [-0.05, 0) is 32.3 Å². The van der Waals surface area contributed by atoms with Crippen LogP contribution in [0.25, 0.3) is 0 Å². The number of sulfonamides is 1. The van der Waals surface area contributed by atoms with E-state index in [1.165, 1.54) is 0 Å². The van der Waals surface area contributed by atoms with Crippen LogP contribution in [0.5, 0.6) is 0 Å². The van der Waals surface area contributed by atoms with E-state index in [1.54, 1.807) is 13.8 Å². The van der Waals surface area contributed by atoms with Gasteiger partial charge in [-0.1, -0.05) is 37.3 Å². The normalized spacial score (nSPS) is 13.5. The van der Waals surface area contributed by atoms with Gasteiger partial charge >= 0.3 is 0 Å². The van der Waals surface area contributed by atoms with Gasteiger partial charge < -0.3 is 15.4 Å². The van der Waals surface area contributed by atoms with Crippen molar-refractivity contribution in [1.82, 2.24) is 15.4 Å². The highest BCUT2D eigenvalue weighted by Crippen LogP contribution is 2.05. The van der Waals surface area contributed by atoms with Gasteiger partial charge in [0.25, 0.3) is 0 Å². The third-order valence-electron chi connectivity index (χ3n) is 3.57. The summed E-state index contributed by atoms with van der Waals surface area (Å²) in [4.78, 5) is 4.50. The van der Waals surface area contributed by atoms with E-state index in [9.17, 15) is 8.42 Å². The molecule has 1 rings (SSSR count). The van der Waals surface area contributed by atoms with Gasteiger partial charge in [-0.25, -0.2) is 13.1 Å². The summed E-state index contributed by atoms with van der Waals surface area (Å²) in [6.07, 6.45) is 1.15. The fraction of sp³-hybridized carbons (Fsp3) is 0.632. The average molecular weight is 526 g/mol. The second-order valence-electron chi connectivity index (χ2n) is 7.44. The van der Waals surface area contributed by atoms with Gasteiger partial charge in [0.05, 0.1) is 26.0 Å². The Morgan fingerprint density at radius 2 is 1.86 bits per heavy atom. The lowest BCUT2D eigenvalue weighted by molar-refractivity contribution is 0.0931. The number of nitrogens with zero attached hydrogens (tertiary/aromatic N) is 1. The van der Waals surface area contributed by atoms with Crippen molar-refractivity contribution in [3.05, 3.63) is 35.9 Å². The van der Waals surface area contributed by atoms with Crippen molar-refractivity contribution in [3.63, 3.8) is 0 Å². The van der Waals surface area contributed by atoms with Gasteiger partial charge in [0.2, 0.25) is 10.0 Å². The molecular formula is C19H35IN4O3S. The van der Waals surface area contributed by atoms with Crippen molar-refractivity contribution in [2.45, 2.75) is 39.8 Å². The molecule has 1 atom stereocenters. The second kappa shape index (κ2) is 13.3. The maximum Gasteiger partial charge on any atom is 0.209 e. The molecular weight excluding hydrogens is 491 g/mol. The Kier molecular flexibility index (Phi) is 12.9. The zero-order valence-corrected chi connectivity index (χ0v) is 20.6. The second-order valence-corrected chi connectivity index (χ2v) is 9.19. The molecule has 0 bridgehead atoms. The topological polar surface area (TPSA) is 91.8 Å². The Labute approximate surface area is 187 Å². The highest BCUT2D eigenvalue weighted by atomic mass is 127. The summed E-state index contributed by atoms with van der Waals surface area (Å²) in [6, 6.07) is 10.1. The van der Waals surface area contributed by atoms with Crippen LogP contribution < -0.4 is 15.4 Å². The van der Waals surface area contributed by atoms with E-state index in [0.29, 0.717) is 38.2 Å². The van der Waals surface area contributed by atoms with Crippen LogP contribution in [0.15, 0.2) is 35.3 Å². The van der Waals surface area contributed by atoms with E-state index in [4.69, 9.17) is 4.74 Å². The van der Waals surface area contributed by atoms with E-state index >= 15 is 0 Å². The van der Waals surface area contributed by atoms with Crippen molar-refractivity contribution in [1.29, 1.82) is 0 Å². The Morgan fingerprint density at radius 3 is 2.43 bits per heavy atom. The Balaban J connectivity index is 0.00000729. The number of ether oxygens (including phenoxy) is 1. The smallest absolute Gasteiger partial charge is 0.209 e. The molecule has 0 spiro atoms. The fourth-order valence-electron chi connectivity index (χ4n) is 2.43. The fourth-order valence-corrected chi connectivity index (χ4v) is 3.50. The van der Waals surface area contributed by atoms with Gasteiger partial charge in [-0.3, -0.25) is 4.99 Å². The SMILES string of the molecule is CCNC(=NCC(C)(C)NS(C)(=O)=O)NCC(C)COCc1ccccc1.I. The number of hydrogen-bond donors (Lipinski definition) is 3. The Hall–Kier alpha value is -0.910. The lowest BCUT2D eigenvalue weighted by Crippen LogP contribution is -2.47. The molecule has 162 valence electrons. The first-order valence-electron chi connectivity index (χ1n) is 9.24. The first-order valence-corrected chi connectivity index (χ1v) is 11.1. The summed E-state index contributed by atoms with van der Waals surface area (Å²) in [5.41, 5.74) is 0.508. The van der Waals surface area contributed by atoms with Gasteiger partial charge in [0.1, 0.15) is 0 Å². The molecule has 0 aliphatic heterocycles. The molecule has 0 heterocycles. The summed E-state index contributed by atoms with van der Waals surface area (Å²) in [5.74, 6) is 0.968. The number of benzene rings is 1. The van der Waals surface area contributed by atoms with Crippen molar-refractivity contribution in [3.8, 4) is 0 Å². The molecule has 0 aliphatic rings. The highest BCUT2D eigenvalue weighted by molar-refractivity contribution is 14.0. The Morgan fingerprint density at radius 1 is 1.21 bits per heavy atom. The number of hydrogen-bond acceptors (Lipinski definition) is 4. The molecule has 0 aliphatic carbocycles. The predicted molar refractivity (Wildman–Crippen MR) is 127 cm³/mol. The summed E-state index contributed by atoms with van der Waals surface area (Å²) in [7, 11) is -3.28. The van der Waals surface area contributed by atoms with Crippen LogP contribution in [0.4, 0.5) is 0 Å². The van der Waals surface area contributed by atoms with E-state index in [1.807, 2.05) is 37.3 Å². The first kappa shape index (κ1) is 27.1. The van der Waals surface area contributed by atoms with Crippen LogP contribution in [0, 0.1) is 5.92 Å². The van der Waals surface area contributed by atoms with E-state index < -0.39 is 15.6 Å². The Bertz CT molecular complexity index is 682. The quantitative estimate of drug-likeness (QED) is 0.234. The zero-order chi connectivity index (χ0) is 20.3. The molecule has 0 aromatic heterocycles.